The molecule has 12 heteroatoms. The molecule has 31 heavy (non-hydrogen) atoms. The molecule has 0 spiro atoms. The molecule has 4 rings (SSSR count). The van der Waals surface area contributed by atoms with E-state index in [1.54, 1.807) is 22.7 Å². The molecule has 4 aromatic rings. The molecular formula is C19H21N7S4Zn. The molecule has 0 radical (unpaired) electrons. The van der Waals surface area contributed by atoms with Crippen LogP contribution < -0.4 is 24.5 Å². The van der Waals surface area contributed by atoms with Gasteiger partial charge in [-0.15, -0.1) is 45.3 Å². The minimum Gasteiger partial charge on any atom is -0.433 e. The SMILES string of the molecule is CC(C)c1cnc(/N=c2\[n-]c(N(C)c3csc(/N=c4\[n-]cc(C(C)C)s4)n3)cs2)s1.[Zn+2]. The van der Waals surface area contributed by atoms with Crippen LogP contribution in [0.5, 0.6) is 0 Å². The predicted octanol–water partition coefficient (Wildman–Crippen LogP) is 5.11. The number of nitrogens with zero attached hydrogens (tertiary/aromatic N) is 7. The van der Waals surface area contributed by atoms with Gasteiger partial charge in [0.2, 0.25) is 0 Å². The van der Waals surface area contributed by atoms with Crippen molar-refractivity contribution < 1.29 is 19.5 Å². The molecule has 0 atom stereocenters. The summed E-state index contributed by atoms with van der Waals surface area (Å²) in [5.74, 6) is 2.50. The van der Waals surface area contributed by atoms with Gasteiger partial charge in [-0.25, -0.2) is 9.97 Å². The van der Waals surface area contributed by atoms with Gasteiger partial charge in [-0.2, -0.15) is 0 Å². The molecule has 0 bridgehead atoms. The summed E-state index contributed by atoms with van der Waals surface area (Å²) in [6.07, 6.45) is 3.78. The van der Waals surface area contributed by atoms with Gasteiger partial charge in [-0.1, -0.05) is 33.9 Å². The van der Waals surface area contributed by atoms with Crippen LogP contribution in [0.3, 0.4) is 0 Å². The van der Waals surface area contributed by atoms with Gasteiger partial charge >= 0.3 is 19.5 Å². The van der Waals surface area contributed by atoms with Gasteiger partial charge < -0.3 is 24.9 Å². The second-order valence-corrected chi connectivity index (χ2v) is 10.9. The van der Waals surface area contributed by atoms with E-state index in [2.05, 4.69) is 57.6 Å². The summed E-state index contributed by atoms with van der Waals surface area (Å²) in [6, 6.07) is 0. The van der Waals surface area contributed by atoms with E-state index in [1.165, 1.54) is 32.4 Å². The van der Waals surface area contributed by atoms with Gasteiger partial charge in [0.1, 0.15) is 10.3 Å². The van der Waals surface area contributed by atoms with Crippen molar-refractivity contribution in [1.82, 2.24) is 19.9 Å². The van der Waals surface area contributed by atoms with Crippen molar-refractivity contribution in [1.29, 1.82) is 0 Å². The van der Waals surface area contributed by atoms with Crippen LogP contribution in [0.2, 0.25) is 0 Å². The summed E-state index contributed by atoms with van der Waals surface area (Å²) in [6.45, 7) is 8.61. The van der Waals surface area contributed by atoms with Gasteiger partial charge in [0.15, 0.2) is 0 Å². The van der Waals surface area contributed by atoms with Crippen molar-refractivity contribution in [2.24, 2.45) is 9.98 Å². The third kappa shape index (κ3) is 5.87. The normalized spacial score (nSPS) is 12.7. The summed E-state index contributed by atoms with van der Waals surface area (Å²) in [5.41, 5.74) is 0. The fourth-order valence-corrected chi connectivity index (χ4v) is 5.50. The summed E-state index contributed by atoms with van der Waals surface area (Å²) in [5, 5.41) is 5.37. The first-order valence-corrected chi connectivity index (χ1v) is 12.8. The number of thiazole rings is 4. The maximum absolute atomic E-state index is 4.62. The number of hydrogen-bond donors (Lipinski definition) is 0. The summed E-state index contributed by atoms with van der Waals surface area (Å²) >= 11 is 6.19. The molecule has 0 aliphatic rings. The van der Waals surface area contributed by atoms with Gasteiger partial charge in [0, 0.05) is 37.3 Å². The average molecular weight is 541 g/mol. The van der Waals surface area contributed by atoms with Crippen LogP contribution in [0, 0.1) is 0 Å². The van der Waals surface area contributed by atoms with Crippen molar-refractivity contribution in [3.63, 3.8) is 0 Å². The molecule has 0 fully saturated rings. The number of anilines is 2. The molecule has 0 N–H and O–H groups in total. The molecule has 0 saturated carbocycles. The van der Waals surface area contributed by atoms with E-state index >= 15 is 0 Å². The zero-order valence-electron chi connectivity index (χ0n) is 17.9. The first kappa shape index (κ1) is 24.2. The van der Waals surface area contributed by atoms with Crippen LogP contribution in [0.4, 0.5) is 21.9 Å². The predicted molar refractivity (Wildman–Crippen MR) is 126 cm³/mol. The third-order valence-corrected chi connectivity index (χ3v) is 8.02. The van der Waals surface area contributed by atoms with E-state index in [0.29, 0.717) is 21.8 Å². The van der Waals surface area contributed by atoms with Crippen molar-refractivity contribution >= 4 is 67.2 Å². The fourth-order valence-electron chi connectivity index (χ4n) is 2.40. The Morgan fingerprint density at radius 1 is 0.935 bits per heavy atom. The van der Waals surface area contributed by atoms with Crippen LogP contribution in [-0.4, -0.2) is 17.0 Å². The smallest absolute Gasteiger partial charge is 0.433 e. The largest absolute Gasteiger partial charge is 2.00 e. The molecule has 0 aliphatic heterocycles. The molecule has 7 nitrogen and oxygen atoms in total. The van der Waals surface area contributed by atoms with E-state index in [-0.39, 0.29) is 19.5 Å². The first-order chi connectivity index (χ1) is 14.4. The Bertz CT molecular complexity index is 1250. The number of aromatic nitrogens is 4. The van der Waals surface area contributed by atoms with Crippen molar-refractivity contribution in [2.75, 3.05) is 11.9 Å². The second kappa shape index (κ2) is 10.4. The summed E-state index contributed by atoms with van der Waals surface area (Å²) in [4.78, 5) is 32.9. The topological polar surface area (TPSA) is 81.9 Å². The van der Waals surface area contributed by atoms with E-state index in [4.69, 9.17) is 0 Å². The Morgan fingerprint density at radius 2 is 1.68 bits per heavy atom. The summed E-state index contributed by atoms with van der Waals surface area (Å²) < 4.78 is 0. The molecule has 158 valence electrons. The van der Waals surface area contributed by atoms with Gasteiger partial charge in [0.25, 0.3) is 0 Å². The van der Waals surface area contributed by atoms with Crippen molar-refractivity contribution in [3.05, 3.63) is 42.5 Å². The fraction of sp³-hybridized carbons (Fsp3) is 0.368. The Morgan fingerprint density at radius 3 is 2.35 bits per heavy atom. The maximum Gasteiger partial charge on any atom is 2.00 e. The first-order valence-electron chi connectivity index (χ1n) is 9.38. The maximum atomic E-state index is 4.62. The minimum absolute atomic E-state index is 0. The molecule has 0 saturated heterocycles. The average Bonchev–Trinajstić information content (AvgIpc) is 3.49. The van der Waals surface area contributed by atoms with E-state index in [0.717, 1.165) is 21.6 Å². The zero-order valence-corrected chi connectivity index (χ0v) is 24.2. The minimum atomic E-state index is 0. The van der Waals surface area contributed by atoms with E-state index in [9.17, 15) is 0 Å². The van der Waals surface area contributed by atoms with Crippen LogP contribution in [-0.2, 0) is 19.5 Å². The quantitative estimate of drug-likeness (QED) is 0.317. The molecule has 4 aromatic heterocycles. The molecule has 4 heterocycles. The summed E-state index contributed by atoms with van der Waals surface area (Å²) in [7, 11) is 1.94. The van der Waals surface area contributed by atoms with Crippen LogP contribution >= 0.6 is 45.3 Å². The number of hydrogen-bond acceptors (Lipinski definition) is 9. The molecule has 0 aromatic carbocycles. The van der Waals surface area contributed by atoms with Crippen molar-refractivity contribution in [2.45, 2.75) is 39.5 Å². The monoisotopic (exact) mass is 539 g/mol. The van der Waals surface area contributed by atoms with Gasteiger partial charge in [-0.3, -0.25) is 0 Å². The van der Waals surface area contributed by atoms with E-state index < -0.39 is 0 Å². The Hall–Kier alpha value is -1.46. The van der Waals surface area contributed by atoms with Gasteiger partial charge in [0.05, 0.1) is 10.6 Å². The van der Waals surface area contributed by atoms with Crippen molar-refractivity contribution in [3.8, 4) is 0 Å². The third-order valence-electron chi connectivity index (χ3n) is 4.19. The van der Waals surface area contributed by atoms with Gasteiger partial charge in [-0.05, 0) is 18.9 Å². The van der Waals surface area contributed by atoms with E-state index in [1.807, 2.05) is 35.1 Å². The zero-order chi connectivity index (χ0) is 21.3. The Kier molecular flexibility index (Phi) is 8.15. The Balaban J connectivity index is 0.00000272. The molecule has 0 amide bonds. The standard InChI is InChI=1S/C19H21N7S4.Zn/c1-10(2)12-6-20-16(29-12)24-18-22-14(8-27-18)26(5)15-9-28-19(23-15)25-17-21-7-13(30-17)11(3)4;/h6-11H,1-5H3;/q-2;+2. The molecule has 0 aliphatic carbocycles. The van der Waals surface area contributed by atoms with Crippen LogP contribution in [0.1, 0.15) is 49.3 Å². The van der Waals surface area contributed by atoms with Crippen LogP contribution in [0.25, 0.3) is 0 Å². The number of rotatable bonds is 6. The molecule has 0 unspecified atom stereocenters. The Labute approximate surface area is 209 Å². The molecular weight excluding hydrogens is 520 g/mol. The second-order valence-electron chi connectivity index (χ2n) is 7.16. The van der Waals surface area contributed by atoms with Crippen LogP contribution in [0.15, 0.2) is 33.1 Å².